The molecule has 6 heteroatoms. The van der Waals surface area contributed by atoms with Gasteiger partial charge in [-0.1, -0.05) is 12.1 Å². The van der Waals surface area contributed by atoms with Crippen molar-refractivity contribution < 1.29 is 9.59 Å². The van der Waals surface area contributed by atoms with Gasteiger partial charge in [-0.2, -0.15) is 0 Å². The molecule has 2 fully saturated rings. The molecule has 25 heavy (non-hydrogen) atoms. The Bertz CT molecular complexity index is 762. The van der Waals surface area contributed by atoms with Gasteiger partial charge in [0.15, 0.2) is 0 Å². The lowest BCUT2D eigenvalue weighted by atomic mass is 9.95. The van der Waals surface area contributed by atoms with Gasteiger partial charge in [0.05, 0.1) is 16.3 Å². The highest BCUT2D eigenvalue weighted by Gasteiger charge is 2.37. The van der Waals surface area contributed by atoms with E-state index in [1.54, 1.807) is 18.3 Å². The molecular formula is C19H23N3O2S. The van der Waals surface area contributed by atoms with Crippen molar-refractivity contribution in [2.45, 2.75) is 38.6 Å². The molecule has 5 nitrogen and oxygen atoms in total. The minimum atomic E-state index is 0.0468. The predicted molar refractivity (Wildman–Crippen MR) is 98.3 cm³/mol. The highest BCUT2D eigenvalue weighted by molar-refractivity contribution is 7.18. The summed E-state index contributed by atoms with van der Waals surface area (Å²) in [5.41, 5.74) is 1.02. The smallest absolute Gasteiger partial charge is 0.226 e. The van der Waals surface area contributed by atoms with Crippen LogP contribution in [0.15, 0.2) is 24.3 Å². The van der Waals surface area contributed by atoms with E-state index in [4.69, 9.17) is 4.98 Å². The molecule has 0 aliphatic carbocycles. The number of nitrogens with zero attached hydrogens (tertiary/aromatic N) is 3. The average Bonchev–Trinajstić information content (AvgIpc) is 3.27. The number of carbonyl (C=O) groups is 2. The van der Waals surface area contributed by atoms with Crippen molar-refractivity contribution in [2.24, 2.45) is 5.92 Å². The molecule has 4 rings (SSSR count). The fourth-order valence-electron chi connectivity index (χ4n) is 4.00. The first kappa shape index (κ1) is 16.5. The lowest BCUT2D eigenvalue weighted by Crippen LogP contribution is -2.43. The first-order valence-corrected chi connectivity index (χ1v) is 9.86. The molecule has 0 N–H and O–H groups in total. The van der Waals surface area contributed by atoms with E-state index in [-0.39, 0.29) is 23.8 Å². The Morgan fingerprint density at radius 1 is 1.12 bits per heavy atom. The van der Waals surface area contributed by atoms with Gasteiger partial charge in [-0.05, 0) is 37.8 Å². The number of thiazole rings is 1. The van der Waals surface area contributed by atoms with Crippen LogP contribution in [0.25, 0.3) is 10.2 Å². The number of aromatic nitrogens is 1. The SMILES string of the molecule is CC(=O)N1CCC(C(=O)N2CCCC2c2nc3ccccc3s2)CC1. The maximum atomic E-state index is 13.1. The molecule has 2 saturated heterocycles. The van der Waals surface area contributed by atoms with Crippen LogP contribution in [0.4, 0.5) is 0 Å². The van der Waals surface area contributed by atoms with Crippen molar-refractivity contribution in [1.82, 2.24) is 14.8 Å². The Morgan fingerprint density at radius 2 is 1.88 bits per heavy atom. The fourth-order valence-corrected chi connectivity index (χ4v) is 5.11. The summed E-state index contributed by atoms with van der Waals surface area (Å²) in [7, 11) is 0. The van der Waals surface area contributed by atoms with Gasteiger partial charge >= 0.3 is 0 Å². The van der Waals surface area contributed by atoms with Gasteiger partial charge < -0.3 is 9.80 Å². The van der Waals surface area contributed by atoms with E-state index in [9.17, 15) is 9.59 Å². The van der Waals surface area contributed by atoms with Gasteiger partial charge in [-0.25, -0.2) is 4.98 Å². The maximum absolute atomic E-state index is 13.1. The normalized spacial score (nSPS) is 21.9. The van der Waals surface area contributed by atoms with Crippen LogP contribution in [0.3, 0.4) is 0 Å². The van der Waals surface area contributed by atoms with Crippen molar-refractivity contribution >= 4 is 33.4 Å². The van der Waals surface area contributed by atoms with Crippen molar-refractivity contribution in [3.05, 3.63) is 29.3 Å². The number of piperidine rings is 1. The van der Waals surface area contributed by atoms with Crippen LogP contribution >= 0.6 is 11.3 Å². The second-order valence-electron chi connectivity index (χ2n) is 6.99. The standard InChI is InChI=1S/C19H23N3O2S/c1-13(23)21-11-8-14(9-12-21)19(24)22-10-4-6-16(22)18-20-15-5-2-3-7-17(15)25-18/h2-3,5,7,14,16H,4,6,8-12H2,1H3. The Morgan fingerprint density at radius 3 is 2.60 bits per heavy atom. The van der Waals surface area contributed by atoms with Gasteiger partial charge in [0.1, 0.15) is 5.01 Å². The summed E-state index contributed by atoms with van der Waals surface area (Å²) in [4.78, 5) is 33.2. The summed E-state index contributed by atoms with van der Waals surface area (Å²) in [5.74, 6) is 0.412. The molecule has 1 unspecified atom stereocenters. The molecule has 1 aromatic carbocycles. The van der Waals surface area contributed by atoms with Crippen molar-refractivity contribution in [3.8, 4) is 0 Å². The van der Waals surface area contributed by atoms with Crippen molar-refractivity contribution in [3.63, 3.8) is 0 Å². The molecule has 0 saturated carbocycles. The minimum Gasteiger partial charge on any atom is -0.343 e. The summed E-state index contributed by atoms with van der Waals surface area (Å²) in [6, 6.07) is 8.29. The van der Waals surface area contributed by atoms with E-state index in [1.165, 1.54) is 4.70 Å². The molecule has 0 radical (unpaired) electrons. The molecule has 2 aliphatic heterocycles. The molecule has 2 amide bonds. The zero-order chi connectivity index (χ0) is 17.4. The van der Waals surface area contributed by atoms with Crippen LogP contribution in [0.1, 0.15) is 43.7 Å². The highest BCUT2D eigenvalue weighted by Crippen LogP contribution is 2.38. The van der Waals surface area contributed by atoms with Crippen molar-refractivity contribution in [2.75, 3.05) is 19.6 Å². The molecule has 0 spiro atoms. The molecule has 132 valence electrons. The highest BCUT2D eigenvalue weighted by atomic mass is 32.1. The Labute approximate surface area is 151 Å². The van der Waals surface area contributed by atoms with Crippen LogP contribution in [-0.4, -0.2) is 46.2 Å². The third kappa shape index (κ3) is 3.15. The van der Waals surface area contributed by atoms with Crippen LogP contribution < -0.4 is 0 Å². The number of para-hydroxylation sites is 1. The first-order chi connectivity index (χ1) is 12.1. The summed E-state index contributed by atoms with van der Waals surface area (Å²) >= 11 is 1.71. The molecule has 2 aliphatic rings. The summed E-state index contributed by atoms with van der Waals surface area (Å²) in [5, 5.41) is 1.06. The molecule has 2 aromatic rings. The number of amides is 2. The first-order valence-electron chi connectivity index (χ1n) is 9.05. The number of rotatable bonds is 2. The monoisotopic (exact) mass is 357 g/mol. The minimum absolute atomic E-state index is 0.0468. The largest absolute Gasteiger partial charge is 0.343 e. The topological polar surface area (TPSA) is 53.5 Å². The van der Waals surface area contributed by atoms with Gasteiger partial charge in [0.2, 0.25) is 11.8 Å². The van der Waals surface area contributed by atoms with E-state index in [0.717, 1.165) is 42.8 Å². The zero-order valence-corrected chi connectivity index (χ0v) is 15.3. The molecule has 1 aromatic heterocycles. The van der Waals surface area contributed by atoms with Crippen LogP contribution in [0, 0.1) is 5.92 Å². The lowest BCUT2D eigenvalue weighted by Gasteiger charge is -2.34. The van der Waals surface area contributed by atoms with E-state index in [1.807, 2.05) is 28.0 Å². The maximum Gasteiger partial charge on any atom is 0.226 e. The van der Waals surface area contributed by atoms with Crippen LogP contribution in [-0.2, 0) is 9.59 Å². The van der Waals surface area contributed by atoms with Gasteiger partial charge in [0, 0.05) is 32.5 Å². The summed E-state index contributed by atoms with van der Waals surface area (Å²) in [6.45, 7) is 3.83. The molecule has 0 bridgehead atoms. The predicted octanol–water partition coefficient (Wildman–Crippen LogP) is 3.22. The summed E-state index contributed by atoms with van der Waals surface area (Å²) < 4.78 is 1.19. The Hall–Kier alpha value is -1.95. The van der Waals surface area contributed by atoms with Crippen LogP contribution in [0.2, 0.25) is 0 Å². The number of fused-ring (bicyclic) bond motifs is 1. The van der Waals surface area contributed by atoms with Gasteiger partial charge in [-0.3, -0.25) is 9.59 Å². The Kier molecular flexibility index (Phi) is 4.46. The van der Waals surface area contributed by atoms with Gasteiger partial charge in [0.25, 0.3) is 0 Å². The number of hydrogen-bond acceptors (Lipinski definition) is 4. The lowest BCUT2D eigenvalue weighted by molar-refractivity contribution is -0.140. The molecule has 3 heterocycles. The number of benzene rings is 1. The quantitative estimate of drug-likeness (QED) is 0.829. The Balaban J connectivity index is 1.49. The molecule has 1 atom stereocenters. The second-order valence-corrected chi connectivity index (χ2v) is 8.05. The molecular weight excluding hydrogens is 334 g/mol. The third-order valence-electron chi connectivity index (χ3n) is 5.42. The van der Waals surface area contributed by atoms with E-state index < -0.39 is 0 Å². The van der Waals surface area contributed by atoms with Crippen molar-refractivity contribution in [1.29, 1.82) is 0 Å². The summed E-state index contributed by atoms with van der Waals surface area (Å²) in [6.07, 6.45) is 3.60. The number of hydrogen-bond donors (Lipinski definition) is 0. The average molecular weight is 357 g/mol. The third-order valence-corrected chi connectivity index (χ3v) is 6.56. The van der Waals surface area contributed by atoms with E-state index in [0.29, 0.717) is 13.1 Å². The van der Waals surface area contributed by atoms with E-state index in [2.05, 4.69) is 6.07 Å². The van der Waals surface area contributed by atoms with Gasteiger partial charge in [-0.15, -0.1) is 11.3 Å². The van der Waals surface area contributed by atoms with E-state index >= 15 is 0 Å². The number of likely N-dealkylation sites (tertiary alicyclic amines) is 2. The van der Waals surface area contributed by atoms with Crippen LogP contribution in [0.5, 0.6) is 0 Å². The fraction of sp³-hybridized carbons (Fsp3) is 0.526. The zero-order valence-electron chi connectivity index (χ0n) is 14.5. The second kappa shape index (κ2) is 6.75. The number of carbonyl (C=O) groups excluding carboxylic acids is 2.